The minimum Gasteiger partial charge on any atom is -0.506 e. The van der Waals surface area contributed by atoms with E-state index in [1.807, 2.05) is 5.32 Å². The highest BCUT2D eigenvalue weighted by atomic mass is 19.3. The Hall–Kier alpha value is -2.20. The first-order valence-corrected chi connectivity index (χ1v) is 5.95. The SMILES string of the molecule is N#Cc1ccc(O)c(NC(=O)C(F)(F)C2(O)CCC2)c1. The van der Waals surface area contributed by atoms with Crippen LogP contribution in [-0.2, 0) is 4.79 Å². The molecule has 1 fully saturated rings. The maximum Gasteiger partial charge on any atom is 0.352 e. The van der Waals surface area contributed by atoms with Crippen molar-refractivity contribution in [3.63, 3.8) is 0 Å². The molecule has 0 radical (unpaired) electrons. The molecule has 1 aromatic carbocycles. The van der Waals surface area contributed by atoms with E-state index in [4.69, 9.17) is 5.26 Å². The van der Waals surface area contributed by atoms with Crippen molar-refractivity contribution in [2.45, 2.75) is 30.8 Å². The summed E-state index contributed by atoms with van der Waals surface area (Å²) in [4.78, 5) is 11.6. The van der Waals surface area contributed by atoms with Crippen molar-refractivity contribution in [2.24, 2.45) is 0 Å². The lowest BCUT2D eigenvalue weighted by Crippen LogP contribution is -2.59. The molecule has 0 saturated heterocycles. The van der Waals surface area contributed by atoms with E-state index >= 15 is 0 Å². The Morgan fingerprint density at radius 3 is 2.60 bits per heavy atom. The number of nitrogens with zero attached hydrogens (tertiary/aromatic N) is 1. The van der Waals surface area contributed by atoms with Crippen LogP contribution >= 0.6 is 0 Å². The average Bonchev–Trinajstić information content (AvgIpc) is 2.38. The second-order valence-corrected chi connectivity index (χ2v) is 4.76. The van der Waals surface area contributed by atoms with Crippen LogP contribution < -0.4 is 5.32 Å². The number of anilines is 1. The Bertz CT molecular complexity index is 592. The number of phenolic OH excluding ortho intramolecular Hbond substituents is 1. The molecule has 0 atom stereocenters. The Labute approximate surface area is 113 Å². The van der Waals surface area contributed by atoms with Gasteiger partial charge in [0.05, 0.1) is 17.3 Å². The van der Waals surface area contributed by atoms with Crippen LogP contribution in [0.25, 0.3) is 0 Å². The van der Waals surface area contributed by atoms with Crippen molar-refractivity contribution in [2.75, 3.05) is 5.32 Å². The van der Waals surface area contributed by atoms with Gasteiger partial charge in [0, 0.05) is 0 Å². The van der Waals surface area contributed by atoms with Gasteiger partial charge in [-0.15, -0.1) is 0 Å². The second kappa shape index (κ2) is 4.72. The van der Waals surface area contributed by atoms with Gasteiger partial charge in [0.15, 0.2) is 0 Å². The highest BCUT2D eigenvalue weighted by Gasteiger charge is 2.61. The first-order valence-electron chi connectivity index (χ1n) is 5.95. The molecule has 1 saturated carbocycles. The van der Waals surface area contributed by atoms with E-state index in [1.165, 1.54) is 6.07 Å². The molecule has 1 amide bonds. The van der Waals surface area contributed by atoms with E-state index in [-0.39, 0.29) is 24.1 Å². The third-order valence-corrected chi connectivity index (χ3v) is 3.42. The molecule has 20 heavy (non-hydrogen) atoms. The number of carbonyl (C=O) groups excluding carboxylic acids is 1. The van der Waals surface area contributed by atoms with Crippen LogP contribution in [0, 0.1) is 11.3 Å². The van der Waals surface area contributed by atoms with Gasteiger partial charge in [-0.25, -0.2) is 0 Å². The molecule has 0 spiro atoms. The van der Waals surface area contributed by atoms with Gasteiger partial charge in [0.2, 0.25) is 0 Å². The quantitative estimate of drug-likeness (QED) is 0.736. The molecule has 0 bridgehead atoms. The molecule has 2 rings (SSSR count). The topological polar surface area (TPSA) is 93.4 Å². The van der Waals surface area contributed by atoms with Crippen LogP contribution in [0.2, 0.25) is 0 Å². The minimum atomic E-state index is -3.96. The van der Waals surface area contributed by atoms with Gasteiger partial charge in [0.1, 0.15) is 11.4 Å². The highest BCUT2D eigenvalue weighted by Crippen LogP contribution is 2.44. The summed E-state index contributed by atoms with van der Waals surface area (Å²) in [6.45, 7) is 0. The predicted molar refractivity (Wildman–Crippen MR) is 65.2 cm³/mol. The predicted octanol–water partition coefficient (Wildman–Crippen LogP) is 1.75. The fraction of sp³-hybridized carbons (Fsp3) is 0.385. The molecule has 1 aliphatic rings. The molecule has 0 aliphatic heterocycles. The number of rotatable bonds is 3. The van der Waals surface area contributed by atoms with Crippen LogP contribution in [0.15, 0.2) is 18.2 Å². The lowest BCUT2D eigenvalue weighted by molar-refractivity contribution is -0.212. The van der Waals surface area contributed by atoms with Gasteiger partial charge in [0.25, 0.3) is 5.91 Å². The van der Waals surface area contributed by atoms with E-state index in [2.05, 4.69) is 0 Å². The summed E-state index contributed by atoms with van der Waals surface area (Å²) in [5.74, 6) is -6.10. The first-order chi connectivity index (χ1) is 9.30. The summed E-state index contributed by atoms with van der Waals surface area (Å²) in [5.41, 5.74) is -2.53. The molecule has 5 nitrogen and oxygen atoms in total. The fourth-order valence-corrected chi connectivity index (χ4v) is 1.94. The molecule has 7 heteroatoms. The number of nitriles is 1. The zero-order chi connectivity index (χ0) is 15.0. The van der Waals surface area contributed by atoms with Gasteiger partial charge in [-0.2, -0.15) is 14.0 Å². The van der Waals surface area contributed by atoms with Gasteiger partial charge in [-0.05, 0) is 37.5 Å². The number of hydrogen-bond acceptors (Lipinski definition) is 4. The van der Waals surface area contributed by atoms with Crippen molar-refractivity contribution in [3.05, 3.63) is 23.8 Å². The Kier molecular flexibility index (Phi) is 3.36. The lowest BCUT2D eigenvalue weighted by atomic mass is 9.75. The average molecular weight is 282 g/mol. The van der Waals surface area contributed by atoms with E-state index < -0.39 is 23.2 Å². The molecule has 0 heterocycles. The summed E-state index contributed by atoms with van der Waals surface area (Å²) < 4.78 is 27.7. The second-order valence-electron chi connectivity index (χ2n) is 4.76. The number of alkyl halides is 2. The number of hydrogen-bond donors (Lipinski definition) is 3. The highest BCUT2D eigenvalue weighted by molar-refractivity contribution is 5.98. The number of aliphatic hydroxyl groups is 1. The molecule has 1 aromatic rings. The maximum absolute atomic E-state index is 13.8. The largest absolute Gasteiger partial charge is 0.506 e. The number of nitrogens with one attached hydrogen (secondary N) is 1. The summed E-state index contributed by atoms with van der Waals surface area (Å²) in [6, 6.07) is 5.23. The molecule has 1 aliphatic carbocycles. The first kappa shape index (κ1) is 14.2. The summed E-state index contributed by atoms with van der Waals surface area (Å²) >= 11 is 0. The number of aromatic hydroxyl groups is 1. The third kappa shape index (κ3) is 2.18. The summed E-state index contributed by atoms with van der Waals surface area (Å²) in [5, 5.41) is 29.7. The standard InChI is InChI=1S/C13H12F2N2O3/c14-13(15,12(20)4-1-5-12)11(19)17-9-6-8(7-16)2-3-10(9)18/h2-3,6,18,20H,1,4-5H2,(H,17,19). The van der Waals surface area contributed by atoms with Crippen LogP contribution in [0.3, 0.4) is 0 Å². The number of benzene rings is 1. The van der Waals surface area contributed by atoms with Crippen LogP contribution in [-0.4, -0.2) is 27.6 Å². The van der Waals surface area contributed by atoms with Gasteiger partial charge < -0.3 is 15.5 Å². The molecule has 0 unspecified atom stereocenters. The zero-order valence-electron chi connectivity index (χ0n) is 10.4. The fourth-order valence-electron chi connectivity index (χ4n) is 1.94. The third-order valence-electron chi connectivity index (χ3n) is 3.42. The molecule has 0 aromatic heterocycles. The minimum absolute atomic E-state index is 0.101. The molecular weight excluding hydrogens is 270 g/mol. The normalized spacial score (nSPS) is 16.9. The monoisotopic (exact) mass is 282 g/mol. The van der Waals surface area contributed by atoms with Gasteiger partial charge >= 0.3 is 5.92 Å². The van der Waals surface area contributed by atoms with Crippen LogP contribution in [0.5, 0.6) is 5.75 Å². The van der Waals surface area contributed by atoms with Crippen LogP contribution in [0.4, 0.5) is 14.5 Å². The Balaban J connectivity index is 2.22. The van der Waals surface area contributed by atoms with Gasteiger partial charge in [-0.3, -0.25) is 4.79 Å². The zero-order valence-corrected chi connectivity index (χ0v) is 10.4. The van der Waals surface area contributed by atoms with Crippen LogP contribution in [0.1, 0.15) is 24.8 Å². The Morgan fingerprint density at radius 1 is 1.45 bits per heavy atom. The summed E-state index contributed by atoms with van der Waals surface area (Å²) in [7, 11) is 0. The molecule has 106 valence electrons. The van der Waals surface area contributed by atoms with E-state index in [0.29, 0.717) is 6.42 Å². The maximum atomic E-state index is 13.8. The van der Waals surface area contributed by atoms with Gasteiger partial charge in [-0.1, -0.05) is 0 Å². The van der Waals surface area contributed by atoms with Crippen molar-refractivity contribution in [1.29, 1.82) is 5.26 Å². The number of amides is 1. The van der Waals surface area contributed by atoms with E-state index in [0.717, 1.165) is 12.1 Å². The number of phenols is 1. The number of halogens is 2. The lowest BCUT2D eigenvalue weighted by Gasteiger charge is -2.41. The van der Waals surface area contributed by atoms with Crippen molar-refractivity contribution >= 4 is 11.6 Å². The Morgan fingerprint density at radius 2 is 2.10 bits per heavy atom. The molecular formula is C13H12F2N2O3. The summed E-state index contributed by atoms with van der Waals surface area (Å²) in [6.07, 6.45) is 0.115. The molecule has 3 N–H and O–H groups in total. The number of carbonyl (C=O) groups is 1. The van der Waals surface area contributed by atoms with Crippen molar-refractivity contribution < 1.29 is 23.8 Å². The smallest absolute Gasteiger partial charge is 0.352 e. The van der Waals surface area contributed by atoms with E-state index in [1.54, 1.807) is 6.07 Å². The van der Waals surface area contributed by atoms with E-state index in [9.17, 15) is 23.8 Å². The van der Waals surface area contributed by atoms with Crippen molar-refractivity contribution in [3.8, 4) is 11.8 Å². The van der Waals surface area contributed by atoms with Crippen molar-refractivity contribution in [1.82, 2.24) is 0 Å².